The maximum atomic E-state index is 13.6. The summed E-state index contributed by atoms with van der Waals surface area (Å²) in [6, 6.07) is 3.25. The Bertz CT molecular complexity index is 615. The Hall–Kier alpha value is -1.99. The van der Waals surface area contributed by atoms with E-state index < -0.39 is 17.8 Å². The maximum Gasteiger partial charge on any atom is 0.326 e. The minimum Gasteiger partial charge on any atom is -0.494 e. The number of thiazole rings is 1. The van der Waals surface area contributed by atoms with E-state index in [1.165, 1.54) is 30.6 Å². The van der Waals surface area contributed by atoms with Gasteiger partial charge in [-0.1, -0.05) is 0 Å². The van der Waals surface area contributed by atoms with Gasteiger partial charge in [0, 0.05) is 10.9 Å². The van der Waals surface area contributed by atoms with Crippen LogP contribution < -0.4 is 10.5 Å². The van der Waals surface area contributed by atoms with E-state index in [0.717, 1.165) is 0 Å². The number of halogens is 1. The number of rotatable bonds is 4. The van der Waals surface area contributed by atoms with Crippen LogP contribution in [0.2, 0.25) is 0 Å². The van der Waals surface area contributed by atoms with Crippen molar-refractivity contribution in [3.05, 3.63) is 35.1 Å². The van der Waals surface area contributed by atoms with E-state index >= 15 is 0 Å². The standard InChI is InChI=1S/C12H11FN2O3S/c1-18-9-3-2-6(4-7(9)13)11-15-8(5-19-11)10(14)12(16)17/h2-5,10H,14H2,1H3,(H,16,17). The lowest BCUT2D eigenvalue weighted by Crippen LogP contribution is -2.20. The third-order valence-corrected chi connectivity index (χ3v) is 3.41. The fraction of sp³-hybridized carbons (Fsp3) is 0.167. The quantitative estimate of drug-likeness (QED) is 0.896. The molecule has 0 aliphatic heterocycles. The van der Waals surface area contributed by atoms with E-state index in [4.69, 9.17) is 15.6 Å². The van der Waals surface area contributed by atoms with Crippen LogP contribution in [-0.4, -0.2) is 23.2 Å². The summed E-state index contributed by atoms with van der Waals surface area (Å²) in [5.41, 5.74) is 6.26. The number of nitrogens with zero attached hydrogens (tertiary/aromatic N) is 1. The van der Waals surface area contributed by atoms with E-state index in [2.05, 4.69) is 4.98 Å². The highest BCUT2D eigenvalue weighted by Crippen LogP contribution is 2.29. The highest BCUT2D eigenvalue weighted by atomic mass is 32.1. The lowest BCUT2D eigenvalue weighted by atomic mass is 10.2. The van der Waals surface area contributed by atoms with Crippen LogP contribution in [0.3, 0.4) is 0 Å². The third kappa shape index (κ3) is 2.72. The fourth-order valence-corrected chi connectivity index (χ4v) is 2.34. The van der Waals surface area contributed by atoms with Crippen LogP contribution in [0.15, 0.2) is 23.6 Å². The largest absolute Gasteiger partial charge is 0.494 e. The fourth-order valence-electron chi connectivity index (χ4n) is 1.49. The molecule has 1 aromatic heterocycles. The van der Waals surface area contributed by atoms with Crippen molar-refractivity contribution < 1.29 is 19.0 Å². The van der Waals surface area contributed by atoms with Crippen LogP contribution in [0.4, 0.5) is 4.39 Å². The molecule has 1 heterocycles. The average molecular weight is 282 g/mol. The molecule has 0 spiro atoms. The zero-order valence-corrected chi connectivity index (χ0v) is 10.8. The monoisotopic (exact) mass is 282 g/mol. The van der Waals surface area contributed by atoms with Gasteiger partial charge < -0.3 is 15.6 Å². The van der Waals surface area contributed by atoms with E-state index in [0.29, 0.717) is 10.6 Å². The molecule has 100 valence electrons. The molecule has 0 aliphatic rings. The van der Waals surface area contributed by atoms with Crippen molar-refractivity contribution in [2.75, 3.05) is 7.11 Å². The molecule has 0 bridgehead atoms. The Morgan fingerprint density at radius 3 is 2.89 bits per heavy atom. The minimum atomic E-state index is -1.17. The summed E-state index contributed by atoms with van der Waals surface area (Å²) >= 11 is 1.21. The van der Waals surface area contributed by atoms with Crippen molar-refractivity contribution in [2.24, 2.45) is 5.73 Å². The number of methoxy groups -OCH3 is 1. The van der Waals surface area contributed by atoms with Crippen molar-refractivity contribution in [2.45, 2.75) is 6.04 Å². The van der Waals surface area contributed by atoms with Gasteiger partial charge in [0.05, 0.1) is 12.8 Å². The molecule has 5 nitrogen and oxygen atoms in total. The van der Waals surface area contributed by atoms with Crippen molar-refractivity contribution in [1.29, 1.82) is 0 Å². The summed E-state index contributed by atoms with van der Waals surface area (Å²) in [7, 11) is 1.38. The molecule has 1 aromatic carbocycles. The first-order valence-electron chi connectivity index (χ1n) is 5.30. The molecular weight excluding hydrogens is 271 g/mol. The third-order valence-electron chi connectivity index (χ3n) is 2.51. The first kappa shape index (κ1) is 13.4. The number of aliphatic carboxylic acids is 1. The van der Waals surface area contributed by atoms with E-state index in [1.54, 1.807) is 11.4 Å². The zero-order valence-electron chi connectivity index (χ0n) is 9.96. The molecule has 0 radical (unpaired) electrons. The Morgan fingerprint density at radius 2 is 2.32 bits per heavy atom. The van der Waals surface area contributed by atoms with E-state index in [-0.39, 0.29) is 11.4 Å². The van der Waals surface area contributed by atoms with Crippen molar-refractivity contribution in [3.63, 3.8) is 0 Å². The van der Waals surface area contributed by atoms with Crippen LogP contribution >= 0.6 is 11.3 Å². The van der Waals surface area contributed by atoms with Crippen LogP contribution in [0.25, 0.3) is 10.6 Å². The van der Waals surface area contributed by atoms with Gasteiger partial charge in [-0.15, -0.1) is 11.3 Å². The van der Waals surface area contributed by atoms with Gasteiger partial charge in [0.15, 0.2) is 11.6 Å². The Labute approximate surface area is 112 Å². The topological polar surface area (TPSA) is 85.4 Å². The molecule has 0 saturated carbocycles. The van der Waals surface area contributed by atoms with Gasteiger partial charge in [-0.2, -0.15) is 0 Å². The van der Waals surface area contributed by atoms with Crippen molar-refractivity contribution >= 4 is 17.3 Å². The number of nitrogens with two attached hydrogens (primary N) is 1. The van der Waals surface area contributed by atoms with E-state index in [1.807, 2.05) is 0 Å². The molecule has 1 unspecified atom stereocenters. The summed E-state index contributed by atoms with van der Waals surface area (Å²) < 4.78 is 18.4. The van der Waals surface area contributed by atoms with Crippen molar-refractivity contribution in [1.82, 2.24) is 4.98 Å². The molecule has 0 fully saturated rings. The van der Waals surface area contributed by atoms with Gasteiger partial charge in [0.2, 0.25) is 0 Å². The summed E-state index contributed by atoms with van der Waals surface area (Å²) in [6.07, 6.45) is 0. The predicted octanol–water partition coefficient (Wildman–Crippen LogP) is 2.04. The number of aromatic nitrogens is 1. The second kappa shape index (κ2) is 5.33. The molecule has 0 amide bonds. The molecule has 1 atom stereocenters. The molecule has 7 heteroatoms. The number of ether oxygens (including phenoxy) is 1. The van der Waals surface area contributed by atoms with Crippen LogP contribution in [0, 0.1) is 5.82 Å². The van der Waals surface area contributed by atoms with Gasteiger partial charge >= 0.3 is 5.97 Å². The Morgan fingerprint density at radius 1 is 1.58 bits per heavy atom. The summed E-state index contributed by atoms with van der Waals surface area (Å²) in [5, 5.41) is 10.9. The normalized spacial score (nSPS) is 12.2. The molecule has 2 aromatic rings. The number of carbonyl (C=O) groups is 1. The molecule has 0 saturated heterocycles. The van der Waals surface area contributed by atoms with Crippen LogP contribution in [0.5, 0.6) is 5.75 Å². The zero-order chi connectivity index (χ0) is 14.0. The Balaban J connectivity index is 2.33. The van der Waals surface area contributed by atoms with Gasteiger partial charge in [0.1, 0.15) is 11.0 Å². The maximum absolute atomic E-state index is 13.6. The number of carboxylic acids is 1. The minimum absolute atomic E-state index is 0.141. The summed E-state index contributed by atoms with van der Waals surface area (Å²) in [6.45, 7) is 0. The smallest absolute Gasteiger partial charge is 0.326 e. The van der Waals surface area contributed by atoms with Crippen molar-refractivity contribution in [3.8, 4) is 16.3 Å². The predicted molar refractivity (Wildman–Crippen MR) is 68.6 cm³/mol. The highest BCUT2D eigenvalue weighted by Gasteiger charge is 2.18. The molecule has 3 N–H and O–H groups in total. The van der Waals surface area contributed by atoms with Gasteiger partial charge in [0.25, 0.3) is 0 Å². The van der Waals surface area contributed by atoms with Gasteiger partial charge in [-0.05, 0) is 18.2 Å². The number of benzene rings is 1. The highest BCUT2D eigenvalue weighted by molar-refractivity contribution is 7.13. The second-order valence-electron chi connectivity index (χ2n) is 3.74. The lowest BCUT2D eigenvalue weighted by Gasteiger charge is -2.03. The number of hydrogen-bond acceptors (Lipinski definition) is 5. The SMILES string of the molecule is COc1ccc(-c2nc(C(N)C(=O)O)cs2)cc1F. The Kier molecular flexibility index (Phi) is 3.77. The van der Waals surface area contributed by atoms with Crippen LogP contribution in [-0.2, 0) is 4.79 Å². The lowest BCUT2D eigenvalue weighted by molar-refractivity contribution is -0.138. The summed E-state index contributed by atoms with van der Waals surface area (Å²) in [4.78, 5) is 14.8. The van der Waals surface area contributed by atoms with Gasteiger partial charge in [-0.3, -0.25) is 4.79 Å². The average Bonchev–Trinajstić information content (AvgIpc) is 2.87. The molecule has 2 rings (SSSR count). The molecular formula is C12H11FN2O3S. The van der Waals surface area contributed by atoms with Gasteiger partial charge in [-0.25, -0.2) is 9.37 Å². The van der Waals surface area contributed by atoms with Crippen LogP contribution in [0.1, 0.15) is 11.7 Å². The number of carboxylic acid groups (broad SMARTS) is 1. The van der Waals surface area contributed by atoms with E-state index in [9.17, 15) is 9.18 Å². The first-order valence-corrected chi connectivity index (χ1v) is 6.18. The molecule has 19 heavy (non-hydrogen) atoms. The summed E-state index contributed by atoms with van der Waals surface area (Å²) in [5.74, 6) is -1.51. The number of hydrogen-bond donors (Lipinski definition) is 2. The molecule has 0 aliphatic carbocycles. The second-order valence-corrected chi connectivity index (χ2v) is 4.60. The first-order chi connectivity index (χ1) is 9.02.